The number of rotatable bonds is 3. The van der Waals surface area contributed by atoms with Gasteiger partial charge in [0.2, 0.25) is 5.88 Å². The third-order valence-electron chi connectivity index (χ3n) is 4.33. The van der Waals surface area contributed by atoms with E-state index in [2.05, 4.69) is 9.98 Å². The van der Waals surface area contributed by atoms with Gasteiger partial charge in [-0.2, -0.15) is 0 Å². The summed E-state index contributed by atoms with van der Waals surface area (Å²) < 4.78 is 41.5. The van der Waals surface area contributed by atoms with Crippen LogP contribution in [-0.4, -0.2) is 20.9 Å². The Bertz CT molecular complexity index is 1320. The largest absolute Gasteiger partial charge is 0.494 e. The van der Waals surface area contributed by atoms with Crippen molar-refractivity contribution in [3.05, 3.63) is 94.2 Å². The fourth-order valence-electron chi connectivity index (χ4n) is 2.94. The molecule has 0 spiro atoms. The van der Waals surface area contributed by atoms with Gasteiger partial charge in [-0.15, -0.1) is 0 Å². The maximum atomic E-state index is 13.9. The molecule has 0 fully saturated rings. The van der Waals surface area contributed by atoms with Crippen LogP contribution in [0.15, 0.2) is 70.6 Å². The minimum Gasteiger partial charge on any atom is -0.494 e. The summed E-state index contributed by atoms with van der Waals surface area (Å²) in [6, 6.07) is 13.0. The lowest BCUT2D eigenvalue weighted by Gasteiger charge is -2.12. The predicted molar refractivity (Wildman–Crippen MR) is 103 cm³/mol. The topological polar surface area (TPSA) is 67.5 Å². The van der Waals surface area contributed by atoms with Crippen molar-refractivity contribution in [2.75, 3.05) is 0 Å². The van der Waals surface area contributed by atoms with E-state index in [9.17, 15) is 23.1 Å². The molecule has 0 amide bonds. The summed E-state index contributed by atoms with van der Waals surface area (Å²) >= 11 is 0. The Kier molecular flexibility index (Phi) is 4.59. The monoisotopic (exact) mass is 395 g/mol. The van der Waals surface area contributed by atoms with Crippen molar-refractivity contribution in [3.63, 3.8) is 0 Å². The summed E-state index contributed by atoms with van der Waals surface area (Å²) in [7, 11) is 0. The van der Waals surface area contributed by atoms with Crippen LogP contribution in [0.2, 0.25) is 0 Å². The summed E-state index contributed by atoms with van der Waals surface area (Å²) in [5.41, 5.74) is -0.870. The molecule has 0 radical (unpaired) electrons. The van der Waals surface area contributed by atoms with Crippen molar-refractivity contribution in [1.29, 1.82) is 0 Å². The molecule has 1 N–H and O–H groups in total. The number of fused-ring (bicyclic) bond motifs is 1. The maximum absolute atomic E-state index is 13.9. The number of benzene rings is 2. The van der Waals surface area contributed by atoms with Crippen molar-refractivity contribution < 1.29 is 18.3 Å². The number of pyridine rings is 2. The van der Waals surface area contributed by atoms with E-state index in [1.807, 2.05) is 0 Å². The zero-order valence-electron chi connectivity index (χ0n) is 14.7. The molecule has 2 aromatic carbocycles. The molecule has 4 rings (SSSR count). The van der Waals surface area contributed by atoms with Gasteiger partial charge < -0.3 is 5.11 Å². The summed E-state index contributed by atoms with van der Waals surface area (Å²) in [4.78, 5) is 20.8. The minimum absolute atomic E-state index is 0.0926. The molecule has 0 saturated carbocycles. The summed E-state index contributed by atoms with van der Waals surface area (Å²) in [5, 5.41) is 11.4. The van der Waals surface area contributed by atoms with E-state index >= 15 is 0 Å². The molecular weight excluding hydrogens is 383 g/mol. The second-order valence-corrected chi connectivity index (χ2v) is 6.06. The number of halogens is 3. The fraction of sp³-hybridized carbons (Fsp3) is 0. The lowest BCUT2D eigenvalue weighted by molar-refractivity contribution is 0.435. The maximum Gasteiger partial charge on any atom is 0.267 e. The van der Waals surface area contributed by atoms with Gasteiger partial charge in [-0.25, -0.2) is 22.7 Å². The first-order chi connectivity index (χ1) is 14.0. The van der Waals surface area contributed by atoms with Gasteiger partial charge in [-0.05, 0) is 30.3 Å². The van der Waals surface area contributed by atoms with Crippen LogP contribution in [0.25, 0.3) is 16.6 Å². The van der Waals surface area contributed by atoms with E-state index in [1.54, 1.807) is 36.4 Å². The van der Waals surface area contributed by atoms with Crippen molar-refractivity contribution in [3.8, 4) is 11.7 Å². The van der Waals surface area contributed by atoms with Crippen molar-refractivity contribution in [2.24, 2.45) is 4.99 Å². The first-order valence-corrected chi connectivity index (χ1v) is 8.44. The van der Waals surface area contributed by atoms with E-state index in [0.717, 1.165) is 22.9 Å². The highest BCUT2D eigenvalue weighted by atomic mass is 19.2. The molecule has 0 aliphatic rings. The van der Waals surface area contributed by atoms with Crippen LogP contribution < -0.4 is 5.56 Å². The molecule has 2 heterocycles. The van der Waals surface area contributed by atoms with E-state index in [-0.39, 0.29) is 16.8 Å². The lowest BCUT2D eigenvalue weighted by Crippen LogP contribution is -2.20. The highest BCUT2D eigenvalue weighted by Gasteiger charge is 2.17. The highest BCUT2D eigenvalue weighted by Crippen LogP contribution is 2.27. The average molecular weight is 395 g/mol. The number of aliphatic imine (C=N–C) groups is 1. The molecule has 0 saturated heterocycles. The molecule has 0 bridgehead atoms. The summed E-state index contributed by atoms with van der Waals surface area (Å²) in [6.45, 7) is 0. The SMILES string of the molecule is O=c1c2ccccc2c(C=Nc2ccc(F)c(F)c2F)c(O)n1-c1ccccn1. The average Bonchev–Trinajstić information content (AvgIpc) is 2.74. The predicted octanol–water partition coefficient (Wildman–Crippen LogP) is 4.26. The Morgan fingerprint density at radius 3 is 2.38 bits per heavy atom. The smallest absolute Gasteiger partial charge is 0.267 e. The first-order valence-electron chi connectivity index (χ1n) is 8.44. The van der Waals surface area contributed by atoms with Gasteiger partial charge in [0.25, 0.3) is 5.56 Å². The van der Waals surface area contributed by atoms with Gasteiger partial charge in [-0.3, -0.25) is 9.79 Å². The van der Waals surface area contributed by atoms with Gasteiger partial charge >= 0.3 is 0 Å². The van der Waals surface area contributed by atoms with Gasteiger partial charge in [-0.1, -0.05) is 24.3 Å². The van der Waals surface area contributed by atoms with E-state index in [1.165, 1.54) is 12.3 Å². The Labute approximate surface area is 162 Å². The molecule has 144 valence electrons. The van der Waals surface area contributed by atoms with Gasteiger partial charge in [0, 0.05) is 23.2 Å². The first kappa shape index (κ1) is 18.4. The van der Waals surface area contributed by atoms with Gasteiger partial charge in [0.15, 0.2) is 17.5 Å². The van der Waals surface area contributed by atoms with Crippen LogP contribution in [-0.2, 0) is 0 Å². The third kappa shape index (κ3) is 3.14. The summed E-state index contributed by atoms with van der Waals surface area (Å²) in [5.74, 6) is -4.73. The van der Waals surface area contributed by atoms with Gasteiger partial charge in [0.1, 0.15) is 11.5 Å². The molecular formula is C21H12F3N3O2. The van der Waals surface area contributed by atoms with Crippen LogP contribution in [0.5, 0.6) is 5.88 Å². The molecule has 8 heteroatoms. The molecule has 0 unspecified atom stereocenters. The zero-order valence-corrected chi connectivity index (χ0v) is 14.7. The number of hydrogen-bond acceptors (Lipinski definition) is 4. The number of nitrogens with zero attached hydrogens (tertiary/aromatic N) is 3. The normalized spacial score (nSPS) is 11.4. The standard InChI is InChI=1S/C21H12F3N3O2/c22-15-8-9-16(19(24)18(15)23)26-11-14-12-5-1-2-6-13(12)20(28)27(21(14)29)17-7-3-4-10-25-17/h1-11,29H. The minimum atomic E-state index is -1.65. The molecule has 0 aliphatic carbocycles. The van der Waals surface area contributed by atoms with Crippen LogP contribution in [0.1, 0.15) is 5.56 Å². The van der Waals surface area contributed by atoms with Crippen LogP contribution in [0.3, 0.4) is 0 Å². The number of aromatic nitrogens is 2. The van der Waals surface area contributed by atoms with Crippen molar-refractivity contribution >= 4 is 22.7 Å². The van der Waals surface area contributed by atoms with E-state index in [4.69, 9.17) is 0 Å². The van der Waals surface area contributed by atoms with Gasteiger partial charge in [0.05, 0.1) is 5.56 Å². The van der Waals surface area contributed by atoms with Crippen molar-refractivity contribution in [2.45, 2.75) is 0 Å². The second kappa shape index (κ2) is 7.23. The van der Waals surface area contributed by atoms with Crippen molar-refractivity contribution in [1.82, 2.24) is 9.55 Å². The molecule has 0 aliphatic heterocycles. The number of aromatic hydroxyl groups is 1. The molecule has 0 atom stereocenters. The third-order valence-corrected chi connectivity index (χ3v) is 4.33. The second-order valence-electron chi connectivity index (χ2n) is 6.06. The molecule has 29 heavy (non-hydrogen) atoms. The molecule has 5 nitrogen and oxygen atoms in total. The molecule has 2 aromatic heterocycles. The Hall–Kier alpha value is -3.94. The Balaban J connectivity index is 1.98. The quantitative estimate of drug-likeness (QED) is 0.416. The zero-order chi connectivity index (χ0) is 20.5. The Morgan fingerprint density at radius 1 is 0.931 bits per heavy atom. The van der Waals surface area contributed by atoms with E-state index < -0.39 is 34.6 Å². The Morgan fingerprint density at radius 2 is 1.66 bits per heavy atom. The van der Waals surface area contributed by atoms with Crippen LogP contribution >= 0.6 is 0 Å². The molecule has 4 aromatic rings. The van der Waals surface area contributed by atoms with E-state index in [0.29, 0.717) is 5.39 Å². The van der Waals surface area contributed by atoms with Crippen LogP contribution in [0.4, 0.5) is 18.9 Å². The summed E-state index contributed by atoms with van der Waals surface area (Å²) in [6.07, 6.45) is 2.55. The number of hydrogen-bond donors (Lipinski definition) is 1. The fourth-order valence-corrected chi connectivity index (χ4v) is 2.94. The highest BCUT2D eigenvalue weighted by molar-refractivity contribution is 6.02. The lowest BCUT2D eigenvalue weighted by atomic mass is 10.1. The van der Waals surface area contributed by atoms with Crippen LogP contribution in [0, 0.1) is 17.5 Å².